The van der Waals surface area contributed by atoms with Crippen LogP contribution in [0.25, 0.3) is 11.2 Å². The Hall–Kier alpha value is -2.23. The van der Waals surface area contributed by atoms with Gasteiger partial charge in [0.05, 0.1) is 17.8 Å². The van der Waals surface area contributed by atoms with Gasteiger partial charge in [-0.15, -0.1) is 6.58 Å². The van der Waals surface area contributed by atoms with Crippen LogP contribution in [0, 0.1) is 12.8 Å². The molecule has 0 bridgehead atoms. The van der Waals surface area contributed by atoms with Crippen molar-refractivity contribution in [3.63, 3.8) is 0 Å². The maximum atomic E-state index is 12.9. The largest absolute Gasteiger partial charge is 0.396 e. The molecule has 130 valence electrons. The van der Waals surface area contributed by atoms with Crippen LogP contribution in [0.4, 0.5) is 5.95 Å². The fraction of sp³-hybridized carbons (Fsp3) is 0.533. The average Bonchev–Trinajstić information content (AvgIpc) is 2.96. The Labute approximate surface area is 137 Å². The molecule has 3 rings (SSSR count). The molecule has 2 heterocycles. The molecule has 1 saturated carbocycles. The molecule has 1 aliphatic carbocycles. The molecular formula is C15H21N5O4. The Balaban J connectivity index is 2.27. The van der Waals surface area contributed by atoms with E-state index in [4.69, 9.17) is 5.73 Å². The molecule has 5 N–H and O–H groups in total. The lowest BCUT2D eigenvalue weighted by molar-refractivity contribution is -0.00406. The average molecular weight is 335 g/mol. The number of nitrogen functional groups attached to an aromatic ring is 1. The van der Waals surface area contributed by atoms with E-state index in [1.54, 1.807) is 13.0 Å². The molecule has 1 fully saturated rings. The zero-order chi connectivity index (χ0) is 17.6. The number of hydrogen-bond donors (Lipinski definition) is 4. The summed E-state index contributed by atoms with van der Waals surface area (Å²) in [5, 5.41) is 29.8. The van der Waals surface area contributed by atoms with Crippen molar-refractivity contribution in [1.82, 2.24) is 19.1 Å². The SMILES string of the molecule is C=CCn1c(=O)n([C@@H]2C[C@H](CO)[C@@H](O)[C@H]2O)c2nc(N)nc(C)c21. The van der Waals surface area contributed by atoms with Gasteiger partial charge < -0.3 is 21.1 Å². The lowest BCUT2D eigenvalue weighted by atomic mass is 10.1. The molecule has 9 heteroatoms. The molecule has 0 saturated heterocycles. The van der Waals surface area contributed by atoms with E-state index >= 15 is 0 Å². The number of rotatable bonds is 4. The van der Waals surface area contributed by atoms with E-state index in [1.165, 1.54) is 9.13 Å². The molecule has 0 radical (unpaired) electrons. The van der Waals surface area contributed by atoms with Crippen molar-refractivity contribution >= 4 is 17.1 Å². The number of imidazole rings is 1. The fourth-order valence-electron chi connectivity index (χ4n) is 3.51. The minimum atomic E-state index is -1.18. The number of aromatic nitrogens is 4. The summed E-state index contributed by atoms with van der Waals surface area (Å²) < 4.78 is 2.80. The van der Waals surface area contributed by atoms with Crippen LogP contribution >= 0.6 is 0 Å². The van der Waals surface area contributed by atoms with Gasteiger partial charge in [0.25, 0.3) is 0 Å². The number of aliphatic hydroxyl groups is 3. The zero-order valence-electron chi connectivity index (χ0n) is 13.3. The second-order valence-electron chi connectivity index (χ2n) is 6.12. The minimum Gasteiger partial charge on any atom is -0.396 e. The van der Waals surface area contributed by atoms with Crippen molar-refractivity contribution < 1.29 is 15.3 Å². The van der Waals surface area contributed by atoms with Crippen LogP contribution in [0.2, 0.25) is 0 Å². The van der Waals surface area contributed by atoms with E-state index in [-0.39, 0.29) is 31.2 Å². The quantitative estimate of drug-likeness (QED) is 0.522. The van der Waals surface area contributed by atoms with E-state index in [0.717, 1.165) is 0 Å². The first-order chi connectivity index (χ1) is 11.4. The molecule has 0 unspecified atom stereocenters. The first-order valence-corrected chi connectivity index (χ1v) is 7.73. The van der Waals surface area contributed by atoms with E-state index in [2.05, 4.69) is 16.5 Å². The van der Waals surface area contributed by atoms with Gasteiger partial charge in [-0.3, -0.25) is 9.13 Å². The standard InChI is InChI=1S/C15H21N5O4/c1-3-4-19-10-7(2)17-14(16)18-13(10)20(15(19)24)9-5-8(6-21)11(22)12(9)23/h3,8-9,11-12,21-23H,1,4-6H2,2H3,(H2,16,17,18)/t8-,9-,11-,12+/m1/s1. The van der Waals surface area contributed by atoms with Gasteiger partial charge in [-0.1, -0.05) is 6.08 Å². The highest BCUT2D eigenvalue weighted by Crippen LogP contribution is 2.36. The molecule has 0 amide bonds. The number of nitrogens with zero attached hydrogens (tertiary/aromatic N) is 4. The molecule has 2 aromatic heterocycles. The van der Waals surface area contributed by atoms with Crippen molar-refractivity contribution in [3.05, 3.63) is 28.8 Å². The summed E-state index contributed by atoms with van der Waals surface area (Å²) >= 11 is 0. The Morgan fingerprint density at radius 2 is 2.08 bits per heavy atom. The smallest absolute Gasteiger partial charge is 0.331 e. The molecule has 0 spiro atoms. The zero-order valence-corrected chi connectivity index (χ0v) is 13.3. The van der Waals surface area contributed by atoms with E-state index in [1.807, 2.05) is 0 Å². The van der Waals surface area contributed by atoms with Crippen LogP contribution in [0.5, 0.6) is 0 Å². The highest BCUT2D eigenvalue weighted by atomic mass is 16.3. The Morgan fingerprint density at radius 3 is 2.67 bits per heavy atom. The molecule has 1 aliphatic rings. The summed E-state index contributed by atoms with van der Waals surface area (Å²) in [5.74, 6) is -0.480. The molecule has 4 atom stereocenters. The summed E-state index contributed by atoms with van der Waals surface area (Å²) in [6.07, 6.45) is -0.448. The number of aryl methyl sites for hydroxylation is 1. The van der Waals surface area contributed by atoms with Crippen molar-refractivity contribution in [1.29, 1.82) is 0 Å². The maximum absolute atomic E-state index is 12.9. The molecular weight excluding hydrogens is 314 g/mol. The third-order valence-corrected chi connectivity index (χ3v) is 4.64. The number of aliphatic hydroxyl groups excluding tert-OH is 3. The Morgan fingerprint density at radius 1 is 1.38 bits per heavy atom. The maximum Gasteiger partial charge on any atom is 0.331 e. The van der Waals surface area contributed by atoms with Crippen LogP contribution < -0.4 is 11.4 Å². The van der Waals surface area contributed by atoms with Gasteiger partial charge in [0, 0.05) is 19.1 Å². The van der Waals surface area contributed by atoms with Gasteiger partial charge in [0.2, 0.25) is 5.95 Å². The molecule has 9 nitrogen and oxygen atoms in total. The van der Waals surface area contributed by atoms with Crippen molar-refractivity contribution in [3.8, 4) is 0 Å². The van der Waals surface area contributed by atoms with Gasteiger partial charge in [-0.2, -0.15) is 4.98 Å². The van der Waals surface area contributed by atoms with Crippen LogP contribution in [0.1, 0.15) is 18.2 Å². The Bertz CT molecular complexity index is 842. The van der Waals surface area contributed by atoms with Crippen molar-refractivity contribution in [2.45, 2.75) is 38.1 Å². The highest BCUT2D eigenvalue weighted by molar-refractivity contribution is 5.75. The topological polar surface area (TPSA) is 139 Å². The lowest BCUT2D eigenvalue weighted by Crippen LogP contribution is -2.35. The van der Waals surface area contributed by atoms with E-state index < -0.39 is 24.2 Å². The van der Waals surface area contributed by atoms with Gasteiger partial charge >= 0.3 is 5.69 Å². The number of nitrogens with two attached hydrogens (primary N) is 1. The third kappa shape index (κ3) is 2.32. The number of hydrogen-bond acceptors (Lipinski definition) is 7. The second kappa shape index (κ2) is 6.00. The van der Waals surface area contributed by atoms with Crippen molar-refractivity contribution in [2.24, 2.45) is 5.92 Å². The predicted molar refractivity (Wildman–Crippen MR) is 87.4 cm³/mol. The molecule has 2 aromatic rings. The van der Waals surface area contributed by atoms with Crippen molar-refractivity contribution in [2.75, 3.05) is 12.3 Å². The Kier molecular flexibility index (Phi) is 4.16. The summed E-state index contributed by atoms with van der Waals surface area (Å²) in [5.41, 5.74) is 6.70. The van der Waals surface area contributed by atoms with E-state index in [9.17, 15) is 20.1 Å². The number of fused-ring (bicyclic) bond motifs is 1. The van der Waals surface area contributed by atoms with Gasteiger partial charge in [-0.25, -0.2) is 9.78 Å². The van der Waals surface area contributed by atoms with E-state index in [0.29, 0.717) is 16.9 Å². The van der Waals surface area contributed by atoms with Crippen LogP contribution in [0.3, 0.4) is 0 Å². The minimum absolute atomic E-state index is 0.0243. The second-order valence-corrected chi connectivity index (χ2v) is 6.12. The van der Waals surface area contributed by atoms with Crippen LogP contribution in [-0.2, 0) is 6.54 Å². The predicted octanol–water partition coefficient (Wildman–Crippen LogP) is -1.06. The van der Waals surface area contributed by atoms with Crippen LogP contribution in [-0.4, -0.2) is 53.2 Å². The fourth-order valence-corrected chi connectivity index (χ4v) is 3.51. The summed E-state index contributed by atoms with van der Waals surface area (Å²) in [6, 6.07) is -0.702. The van der Waals surface area contributed by atoms with Crippen LogP contribution in [0.15, 0.2) is 17.4 Å². The first-order valence-electron chi connectivity index (χ1n) is 7.73. The molecule has 0 aliphatic heterocycles. The summed E-state index contributed by atoms with van der Waals surface area (Å²) in [7, 11) is 0. The number of allylic oxidation sites excluding steroid dienone is 1. The summed E-state index contributed by atoms with van der Waals surface area (Å²) in [6.45, 7) is 5.36. The first kappa shape index (κ1) is 16.6. The highest BCUT2D eigenvalue weighted by Gasteiger charge is 2.43. The molecule has 0 aromatic carbocycles. The third-order valence-electron chi connectivity index (χ3n) is 4.64. The normalized spacial score (nSPS) is 27.0. The molecule has 24 heavy (non-hydrogen) atoms. The van der Waals surface area contributed by atoms with Gasteiger partial charge in [0.15, 0.2) is 5.65 Å². The lowest BCUT2D eigenvalue weighted by Gasteiger charge is -2.17. The number of anilines is 1. The van der Waals surface area contributed by atoms with Gasteiger partial charge in [0.1, 0.15) is 11.6 Å². The summed E-state index contributed by atoms with van der Waals surface area (Å²) in [4.78, 5) is 21.2. The monoisotopic (exact) mass is 335 g/mol. The van der Waals surface area contributed by atoms with Gasteiger partial charge in [-0.05, 0) is 13.3 Å².